The molecule has 0 unspecified atom stereocenters. The Kier molecular flexibility index (Phi) is 6.93. The summed E-state index contributed by atoms with van der Waals surface area (Å²) in [6.07, 6.45) is 9.28. The van der Waals surface area contributed by atoms with Crippen molar-refractivity contribution in [3.8, 4) is 5.75 Å². The van der Waals surface area contributed by atoms with Gasteiger partial charge in [-0.2, -0.15) is 0 Å². The number of unbranched alkanes of at least 4 members (excludes halogenated alkanes) is 2. The van der Waals surface area contributed by atoms with Gasteiger partial charge in [-0.25, -0.2) is 0 Å². The molecule has 1 aliphatic rings. The molecule has 0 atom stereocenters. The van der Waals surface area contributed by atoms with E-state index in [1.165, 1.54) is 25.7 Å². The number of aliphatic hydroxyl groups excluding tert-OH is 1. The highest BCUT2D eigenvalue weighted by molar-refractivity contribution is 5.20. The van der Waals surface area contributed by atoms with Crippen LogP contribution in [0.4, 0.5) is 0 Å². The number of likely N-dealkylation sites (tertiary alicyclic amines) is 1. The van der Waals surface area contributed by atoms with Crippen LogP contribution >= 0.6 is 0 Å². The minimum atomic E-state index is -0.295. The standard InChI is InChI=1S/C17H28N2O3/c20-11-7-3-6-10-19-14-17(22)16(21)12-15(19)13-18-8-4-1-2-5-9-18/h12,14,20,22H,1-11,13H2. The molecule has 1 aromatic rings. The predicted octanol–water partition coefficient (Wildman–Crippen LogP) is 2.09. The lowest BCUT2D eigenvalue weighted by Crippen LogP contribution is -2.27. The molecule has 0 spiro atoms. The Hall–Kier alpha value is -1.33. The van der Waals surface area contributed by atoms with Crippen LogP contribution in [0.2, 0.25) is 0 Å². The summed E-state index contributed by atoms with van der Waals surface area (Å²) < 4.78 is 2.00. The number of aromatic hydroxyl groups is 1. The third kappa shape index (κ3) is 5.14. The van der Waals surface area contributed by atoms with Crippen molar-refractivity contribution in [3.63, 3.8) is 0 Å². The summed E-state index contributed by atoms with van der Waals surface area (Å²) in [5.41, 5.74) is 0.685. The summed E-state index contributed by atoms with van der Waals surface area (Å²) in [7, 11) is 0. The maximum absolute atomic E-state index is 11.8. The Morgan fingerprint density at radius 3 is 2.45 bits per heavy atom. The normalized spacial score (nSPS) is 16.6. The first-order valence-electron chi connectivity index (χ1n) is 8.46. The molecule has 0 radical (unpaired) electrons. The third-order valence-electron chi connectivity index (χ3n) is 4.34. The Morgan fingerprint density at radius 1 is 1.05 bits per heavy atom. The molecule has 1 aromatic heterocycles. The predicted molar refractivity (Wildman–Crippen MR) is 87.0 cm³/mol. The van der Waals surface area contributed by atoms with Crippen LogP contribution in [0, 0.1) is 0 Å². The van der Waals surface area contributed by atoms with Gasteiger partial charge in [0.1, 0.15) is 0 Å². The van der Waals surface area contributed by atoms with Crippen molar-refractivity contribution < 1.29 is 10.2 Å². The number of nitrogens with zero attached hydrogens (tertiary/aromatic N) is 2. The van der Waals surface area contributed by atoms with E-state index in [1.807, 2.05) is 4.57 Å². The molecule has 5 nitrogen and oxygen atoms in total. The van der Waals surface area contributed by atoms with Crippen molar-refractivity contribution in [1.82, 2.24) is 9.47 Å². The van der Waals surface area contributed by atoms with Crippen molar-refractivity contribution in [2.24, 2.45) is 0 Å². The smallest absolute Gasteiger partial charge is 0.223 e. The highest BCUT2D eigenvalue weighted by atomic mass is 16.3. The molecule has 0 aliphatic carbocycles. The molecule has 1 saturated heterocycles. The minimum Gasteiger partial charge on any atom is -0.503 e. The van der Waals surface area contributed by atoms with Crippen LogP contribution in [-0.4, -0.2) is 39.4 Å². The fourth-order valence-corrected chi connectivity index (χ4v) is 3.04. The summed E-state index contributed by atoms with van der Waals surface area (Å²) >= 11 is 0. The van der Waals surface area contributed by atoms with Crippen LogP contribution in [-0.2, 0) is 13.1 Å². The van der Waals surface area contributed by atoms with Crippen LogP contribution in [0.25, 0.3) is 0 Å². The van der Waals surface area contributed by atoms with Gasteiger partial charge in [0.25, 0.3) is 0 Å². The minimum absolute atomic E-state index is 0.179. The van der Waals surface area contributed by atoms with E-state index in [9.17, 15) is 9.90 Å². The number of aromatic nitrogens is 1. The number of pyridine rings is 1. The van der Waals surface area contributed by atoms with Gasteiger partial charge in [0, 0.05) is 31.5 Å². The van der Waals surface area contributed by atoms with E-state index >= 15 is 0 Å². The highest BCUT2D eigenvalue weighted by Crippen LogP contribution is 2.15. The number of aryl methyl sites for hydroxylation is 1. The van der Waals surface area contributed by atoms with Crippen LogP contribution < -0.4 is 5.43 Å². The van der Waals surface area contributed by atoms with Gasteiger partial charge in [0.2, 0.25) is 5.43 Å². The molecule has 5 heteroatoms. The summed E-state index contributed by atoms with van der Waals surface area (Å²) in [4.78, 5) is 14.2. The fraction of sp³-hybridized carbons (Fsp3) is 0.706. The van der Waals surface area contributed by atoms with Crippen molar-refractivity contribution in [2.45, 2.75) is 58.0 Å². The van der Waals surface area contributed by atoms with Crippen LogP contribution in [0.3, 0.4) is 0 Å². The largest absolute Gasteiger partial charge is 0.503 e. The van der Waals surface area contributed by atoms with Gasteiger partial charge < -0.3 is 14.8 Å². The average Bonchev–Trinajstić information content (AvgIpc) is 2.77. The first-order chi connectivity index (χ1) is 10.7. The number of aliphatic hydroxyl groups is 1. The molecule has 0 aromatic carbocycles. The summed E-state index contributed by atoms with van der Waals surface area (Å²) in [6, 6.07) is 1.58. The zero-order valence-corrected chi connectivity index (χ0v) is 13.3. The SMILES string of the molecule is O=c1cc(CN2CCCCCC2)n(CCCCCO)cc1O. The van der Waals surface area contributed by atoms with Gasteiger partial charge in [-0.15, -0.1) is 0 Å². The van der Waals surface area contributed by atoms with Gasteiger partial charge in [0.05, 0.1) is 6.20 Å². The Labute approximate surface area is 132 Å². The monoisotopic (exact) mass is 308 g/mol. The molecule has 2 N–H and O–H groups in total. The summed E-state index contributed by atoms with van der Waals surface area (Å²) in [5.74, 6) is -0.179. The Bertz CT molecular complexity index is 505. The lowest BCUT2D eigenvalue weighted by atomic mass is 10.2. The summed E-state index contributed by atoms with van der Waals surface area (Å²) in [5, 5.41) is 18.5. The van der Waals surface area contributed by atoms with Gasteiger partial charge in [0.15, 0.2) is 5.75 Å². The lowest BCUT2D eigenvalue weighted by molar-refractivity contribution is 0.266. The van der Waals surface area contributed by atoms with E-state index < -0.39 is 0 Å². The van der Waals surface area contributed by atoms with E-state index in [1.54, 1.807) is 12.3 Å². The van der Waals surface area contributed by atoms with E-state index in [4.69, 9.17) is 5.11 Å². The van der Waals surface area contributed by atoms with Gasteiger partial charge in [-0.05, 0) is 45.2 Å². The molecule has 2 heterocycles. The fourth-order valence-electron chi connectivity index (χ4n) is 3.04. The van der Waals surface area contributed by atoms with Crippen LogP contribution in [0.5, 0.6) is 5.75 Å². The molecule has 124 valence electrons. The van der Waals surface area contributed by atoms with Gasteiger partial charge in [-0.3, -0.25) is 9.69 Å². The topological polar surface area (TPSA) is 65.7 Å². The molecule has 2 rings (SSSR count). The Balaban J connectivity index is 2.06. The van der Waals surface area contributed by atoms with E-state index in [-0.39, 0.29) is 17.8 Å². The van der Waals surface area contributed by atoms with Crippen molar-refractivity contribution >= 4 is 0 Å². The Morgan fingerprint density at radius 2 is 1.77 bits per heavy atom. The molecule has 0 amide bonds. The molecular weight excluding hydrogens is 280 g/mol. The lowest BCUT2D eigenvalue weighted by Gasteiger charge is -2.22. The molecule has 0 bridgehead atoms. The maximum Gasteiger partial charge on any atom is 0.223 e. The third-order valence-corrected chi connectivity index (χ3v) is 4.34. The van der Waals surface area contributed by atoms with E-state index in [2.05, 4.69) is 4.90 Å². The zero-order valence-electron chi connectivity index (χ0n) is 13.3. The van der Waals surface area contributed by atoms with Crippen LogP contribution in [0.15, 0.2) is 17.1 Å². The van der Waals surface area contributed by atoms with Crippen molar-refractivity contribution in [2.75, 3.05) is 19.7 Å². The van der Waals surface area contributed by atoms with Gasteiger partial charge in [-0.1, -0.05) is 12.8 Å². The second kappa shape index (κ2) is 8.96. The first kappa shape index (κ1) is 17.0. The highest BCUT2D eigenvalue weighted by Gasteiger charge is 2.13. The second-order valence-corrected chi connectivity index (χ2v) is 6.18. The zero-order chi connectivity index (χ0) is 15.8. The van der Waals surface area contributed by atoms with Gasteiger partial charge >= 0.3 is 0 Å². The maximum atomic E-state index is 11.8. The summed E-state index contributed by atoms with van der Waals surface area (Å²) in [6.45, 7) is 3.93. The molecular formula is C17H28N2O3. The molecule has 1 aliphatic heterocycles. The quantitative estimate of drug-likeness (QED) is 0.757. The number of hydrogen-bond donors (Lipinski definition) is 2. The van der Waals surface area contributed by atoms with Crippen molar-refractivity contribution in [3.05, 3.63) is 28.2 Å². The average molecular weight is 308 g/mol. The number of hydrogen-bond acceptors (Lipinski definition) is 4. The molecule has 0 saturated carbocycles. The van der Waals surface area contributed by atoms with E-state index in [0.29, 0.717) is 0 Å². The molecule has 22 heavy (non-hydrogen) atoms. The van der Waals surface area contributed by atoms with E-state index in [0.717, 1.165) is 51.1 Å². The second-order valence-electron chi connectivity index (χ2n) is 6.18. The molecule has 1 fully saturated rings. The van der Waals surface area contributed by atoms with Crippen LogP contribution in [0.1, 0.15) is 50.6 Å². The van der Waals surface area contributed by atoms with Crippen molar-refractivity contribution in [1.29, 1.82) is 0 Å². The number of rotatable bonds is 7. The first-order valence-corrected chi connectivity index (χ1v) is 8.46.